The molecule has 2 aromatic carbocycles. The highest BCUT2D eigenvalue weighted by Gasteiger charge is 2.09. The zero-order valence-corrected chi connectivity index (χ0v) is 16.8. The van der Waals surface area contributed by atoms with E-state index in [1.807, 2.05) is 60.3 Å². The SMILES string of the molecule is Cc1nn(CCC(=O)Nc2ccccc2Sc2ccccc2)cc1I. The zero-order valence-electron chi connectivity index (χ0n) is 13.8. The molecule has 1 amide bonds. The third-order valence-electron chi connectivity index (χ3n) is 3.59. The van der Waals surface area contributed by atoms with Crippen molar-refractivity contribution in [2.45, 2.75) is 29.7 Å². The lowest BCUT2D eigenvalue weighted by molar-refractivity contribution is -0.116. The Morgan fingerprint density at radius 3 is 2.60 bits per heavy atom. The van der Waals surface area contributed by atoms with Gasteiger partial charge in [0, 0.05) is 29.0 Å². The molecular formula is C19H18IN3OS. The molecule has 1 heterocycles. The molecule has 0 fully saturated rings. The summed E-state index contributed by atoms with van der Waals surface area (Å²) in [6, 6.07) is 18.0. The number of anilines is 1. The molecule has 4 nitrogen and oxygen atoms in total. The van der Waals surface area contributed by atoms with Crippen LogP contribution < -0.4 is 5.32 Å². The van der Waals surface area contributed by atoms with Gasteiger partial charge in [0.1, 0.15) is 0 Å². The first-order valence-electron chi connectivity index (χ1n) is 7.93. The summed E-state index contributed by atoms with van der Waals surface area (Å²) < 4.78 is 2.93. The maximum Gasteiger partial charge on any atom is 0.226 e. The van der Waals surface area contributed by atoms with Gasteiger partial charge in [0.15, 0.2) is 0 Å². The number of rotatable bonds is 6. The van der Waals surface area contributed by atoms with Crippen molar-refractivity contribution in [2.24, 2.45) is 0 Å². The van der Waals surface area contributed by atoms with E-state index in [4.69, 9.17) is 0 Å². The molecule has 0 bridgehead atoms. The smallest absolute Gasteiger partial charge is 0.226 e. The third-order valence-corrected chi connectivity index (χ3v) is 5.73. The van der Waals surface area contributed by atoms with Gasteiger partial charge >= 0.3 is 0 Å². The van der Waals surface area contributed by atoms with Crippen molar-refractivity contribution >= 4 is 45.9 Å². The van der Waals surface area contributed by atoms with E-state index in [-0.39, 0.29) is 5.91 Å². The quantitative estimate of drug-likeness (QED) is 0.525. The topological polar surface area (TPSA) is 46.9 Å². The van der Waals surface area contributed by atoms with E-state index < -0.39 is 0 Å². The molecule has 0 saturated heterocycles. The van der Waals surface area contributed by atoms with E-state index in [1.54, 1.807) is 11.8 Å². The first kappa shape index (κ1) is 18.0. The molecule has 1 aromatic heterocycles. The molecule has 0 spiro atoms. The average Bonchev–Trinajstić information content (AvgIpc) is 2.94. The summed E-state index contributed by atoms with van der Waals surface area (Å²) in [6.45, 7) is 2.54. The van der Waals surface area contributed by atoms with Gasteiger partial charge in [-0.15, -0.1) is 0 Å². The van der Waals surface area contributed by atoms with Crippen molar-refractivity contribution < 1.29 is 4.79 Å². The standard InChI is InChI=1S/C19H18IN3OS/c1-14-16(20)13-23(22-14)12-11-19(24)21-17-9-5-6-10-18(17)25-15-7-3-2-4-8-15/h2-10,13H,11-12H2,1H3,(H,21,24). The summed E-state index contributed by atoms with van der Waals surface area (Å²) in [7, 11) is 0. The van der Waals surface area contributed by atoms with E-state index in [9.17, 15) is 4.79 Å². The van der Waals surface area contributed by atoms with E-state index in [2.05, 4.69) is 45.1 Å². The molecule has 25 heavy (non-hydrogen) atoms. The van der Waals surface area contributed by atoms with Crippen LogP contribution >= 0.6 is 34.4 Å². The molecule has 6 heteroatoms. The minimum atomic E-state index is -0.00993. The second-order valence-corrected chi connectivity index (χ2v) is 7.81. The molecule has 0 atom stereocenters. The lowest BCUT2D eigenvalue weighted by atomic mass is 10.3. The number of hydrogen-bond donors (Lipinski definition) is 1. The Morgan fingerprint density at radius 2 is 1.88 bits per heavy atom. The number of nitrogens with one attached hydrogen (secondary N) is 1. The minimum absolute atomic E-state index is 0.00993. The Morgan fingerprint density at radius 1 is 1.16 bits per heavy atom. The van der Waals surface area contributed by atoms with E-state index in [0.717, 1.165) is 24.7 Å². The Bertz CT molecular complexity index is 845. The van der Waals surface area contributed by atoms with E-state index in [1.165, 1.54) is 0 Å². The van der Waals surface area contributed by atoms with Crippen LogP contribution in [0.2, 0.25) is 0 Å². The van der Waals surface area contributed by atoms with Crippen LogP contribution in [0.1, 0.15) is 12.1 Å². The van der Waals surface area contributed by atoms with Crippen molar-refractivity contribution in [1.82, 2.24) is 9.78 Å². The largest absolute Gasteiger partial charge is 0.325 e. The fourth-order valence-corrected chi connectivity index (χ4v) is 3.66. The zero-order chi connectivity index (χ0) is 17.6. The number of aromatic nitrogens is 2. The summed E-state index contributed by atoms with van der Waals surface area (Å²) in [6.07, 6.45) is 2.35. The van der Waals surface area contributed by atoms with Crippen LogP contribution in [0.5, 0.6) is 0 Å². The monoisotopic (exact) mass is 463 g/mol. The Kier molecular flexibility index (Phi) is 6.14. The Hall–Kier alpha value is -1.80. The van der Waals surface area contributed by atoms with Crippen molar-refractivity contribution in [3.63, 3.8) is 0 Å². The second-order valence-electron chi connectivity index (χ2n) is 5.53. The molecule has 0 unspecified atom stereocenters. The van der Waals surface area contributed by atoms with Gasteiger partial charge < -0.3 is 5.32 Å². The Labute approximate surface area is 165 Å². The van der Waals surface area contributed by atoms with Crippen LogP contribution in [0.15, 0.2) is 70.6 Å². The maximum atomic E-state index is 12.3. The number of nitrogens with zero attached hydrogens (tertiary/aromatic N) is 2. The number of carbonyl (C=O) groups is 1. The van der Waals surface area contributed by atoms with Gasteiger partial charge in [-0.1, -0.05) is 42.1 Å². The predicted octanol–water partition coefficient (Wildman–Crippen LogP) is 4.98. The number of para-hydroxylation sites is 1. The summed E-state index contributed by atoms with van der Waals surface area (Å²) >= 11 is 3.89. The molecule has 0 aliphatic rings. The molecule has 0 aliphatic heterocycles. The van der Waals surface area contributed by atoms with Crippen LogP contribution in [-0.4, -0.2) is 15.7 Å². The number of halogens is 1. The Balaban J connectivity index is 1.63. The van der Waals surface area contributed by atoms with Gasteiger partial charge in [0.25, 0.3) is 0 Å². The summed E-state index contributed by atoms with van der Waals surface area (Å²) in [4.78, 5) is 14.5. The fourth-order valence-electron chi connectivity index (χ4n) is 2.31. The van der Waals surface area contributed by atoms with Gasteiger partial charge in [0.05, 0.1) is 15.0 Å². The molecule has 0 radical (unpaired) electrons. The van der Waals surface area contributed by atoms with Crippen LogP contribution in [-0.2, 0) is 11.3 Å². The average molecular weight is 463 g/mol. The number of benzene rings is 2. The summed E-state index contributed by atoms with van der Waals surface area (Å²) in [5, 5.41) is 7.41. The van der Waals surface area contributed by atoms with Crippen LogP contribution in [0.3, 0.4) is 0 Å². The molecule has 3 rings (SSSR count). The van der Waals surface area contributed by atoms with E-state index >= 15 is 0 Å². The predicted molar refractivity (Wildman–Crippen MR) is 110 cm³/mol. The lowest BCUT2D eigenvalue weighted by Gasteiger charge is -2.11. The minimum Gasteiger partial charge on any atom is -0.325 e. The second kappa shape index (κ2) is 8.53. The number of aryl methyl sites for hydroxylation is 2. The number of amides is 1. The molecular weight excluding hydrogens is 445 g/mol. The van der Waals surface area contributed by atoms with Crippen molar-refractivity contribution in [1.29, 1.82) is 0 Å². The molecule has 3 aromatic rings. The summed E-state index contributed by atoms with van der Waals surface area (Å²) in [5.41, 5.74) is 1.83. The molecule has 128 valence electrons. The van der Waals surface area contributed by atoms with Crippen LogP contribution in [0.4, 0.5) is 5.69 Å². The van der Waals surface area contributed by atoms with Crippen molar-refractivity contribution in [2.75, 3.05) is 5.32 Å². The highest BCUT2D eigenvalue weighted by Crippen LogP contribution is 2.33. The third kappa shape index (κ3) is 5.09. The molecule has 1 N–H and O–H groups in total. The van der Waals surface area contributed by atoms with E-state index in [0.29, 0.717) is 13.0 Å². The first-order valence-corrected chi connectivity index (χ1v) is 9.82. The van der Waals surface area contributed by atoms with Gasteiger partial charge in [0.2, 0.25) is 5.91 Å². The van der Waals surface area contributed by atoms with Gasteiger partial charge in [-0.25, -0.2) is 0 Å². The van der Waals surface area contributed by atoms with Crippen molar-refractivity contribution in [3.05, 3.63) is 70.1 Å². The fraction of sp³-hybridized carbons (Fsp3) is 0.158. The van der Waals surface area contributed by atoms with Gasteiger partial charge in [-0.05, 0) is 53.8 Å². The molecule has 0 saturated carbocycles. The summed E-state index contributed by atoms with van der Waals surface area (Å²) in [5.74, 6) is -0.00993. The van der Waals surface area contributed by atoms with Gasteiger partial charge in [-0.2, -0.15) is 5.10 Å². The highest BCUT2D eigenvalue weighted by molar-refractivity contribution is 14.1. The van der Waals surface area contributed by atoms with Crippen molar-refractivity contribution in [3.8, 4) is 0 Å². The first-order chi connectivity index (χ1) is 12.1. The molecule has 0 aliphatic carbocycles. The number of hydrogen-bond acceptors (Lipinski definition) is 3. The van der Waals surface area contributed by atoms with Gasteiger partial charge in [-0.3, -0.25) is 9.48 Å². The van der Waals surface area contributed by atoms with Crippen LogP contribution in [0.25, 0.3) is 0 Å². The highest BCUT2D eigenvalue weighted by atomic mass is 127. The lowest BCUT2D eigenvalue weighted by Crippen LogP contribution is -2.15. The number of carbonyl (C=O) groups excluding carboxylic acids is 1. The van der Waals surface area contributed by atoms with Crippen LogP contribution in [0, 0.1) is 10.5 Å². The normalized spacial score (nSPS) is 10.6. The maximum absolute atomic E-state index is 12.3.